The number of rotatable bonds is 9. The molecule has 0 N–H and O–H groups in total. The summed E-state index contributed by atoms with van der Waals surface area (Å²) in [7, 11) is -2.01. The second-order valence-electron chi connectivity index (χ2n) is 9.32. The van der Waals surface area contributed by atoms with E-state index in [4.69, 9.17) is 0 Å². The van der Waals surface area contributed by atoms with Gasteiger partial charge in [0.15, 0.2) is 0 Å². The minimum absolute atomic E-state index is 0.456. The fraction of sp³-hybridized carbons (Fsp3) is 0. The quantitative estimate of drug-likeness (QED) is 0.193. The minimum atomic E-state index is -1.01. The molecule has 0 spiro atoms. The average molecular weight is 553 g/mol. The van der Waals surface area contributed by atoms with Gasteiger partial charge >= 0.3 is 0 Å². The summed E-state index contributed by atoms with van der Waals surface area (Å²) < 4.78 is 0. The number of Topliss-reactive ketones (excluding diaryl/α,β-unsaturated/α-hetero) is 2. The molecular weight excluding hydrogens is 526 g/mol. The Morgan fingerprint density at radius 3 is 0.925 bits per heavy atom. The lowest BCUT2D eigenvalue weighted by atomic mass is 9.90. The van der Waals surface area contributed by atoms with Crippen molar-refractivity contribution in [2.45, 2.75) is 0 Å². The normalized spacial score (nSPS) is 17.1. The first kappa shape index (κ1) is 27.3. The third-order valence-corrected chi connectivity index (χ3v) is 11.8. The Kier molecular flexibility index (Phi) is 8.67. The SMILES string of the molecule is O=C([C]1[CH][CH][CH][C]1P(c1ccccc1)c1ccccc1)C(=O)[C]1[CH][CH][CH][C]1P(c1ccccc1)c1ccccc1. The largest absolute Gasteiger partial charge is 0.290 e. The molecule has 40 heavy (non-hydrogen) atoms. The van der Waals surface area contributed by atoms with E-state index >= 15 is 0 Å². The lowest BCUT2D eigenvalue weighted by Gasteiger charge is -2.30. The molecule has 0 unspecified atom stereocenters. The van der Waals surface area contributed by atoms with E-state index in [-0.39, 0.29) is 0 Å². The van der Waals surface area contributed by atoms with E-state index in [1.54, 1.807) is 12.8 Å². The Labute approximate surface area is 240 Å². The van der Waals surface area contributed by atoms with Crippen molar-refractivity contribution in [3.8, 4) is 0 Å². The number of carbonyl (C=O) groups excluding carboxylic acids is 2. The van der Waals surface area contributed by atoms with Crippen molar-refractivity contribution >= 4 is 48.6 Å². The maximum Gasteiger partial charge on any atom is 0.207 e. The highest BCUT2D eigenvalue weighted by Crippen LogP contribution is 2.59. The van der Waals surface area contributed by atoms with Gasteiger partial charge in [-0.2, -0.15) is 0 Å². The third-order valence-electron chi connectivity index (χ3n) is 6.82. The smallest absolute Gasteiger partial charge is 0.207 e. The second kappa shape index (κ2) is 12.7. The van der Waals surface area contributed by atoms with Crippen LogP contribution in [0.1, 0.15) is 0 Å². The first-order valence-electron chi connectivity index (χ1n) is 13.1. The maximum absolute atomic E-state index is 14.0. The first-order valence-corrected chi connectivity index (χ1v) is 15.8. The molecule has 0 atom stereocenters. The standard InChI is InChI=1S/C36H26O2P2/c37-35(31-23-13-25-33(31)39(27-15-5-1-6-16-27)28-17-7-2-8-18-28)36(38)32-24-14-26-34(32)40(29-19-9-3-10-20-29)30-21-11-4-12-22-30/h1-26H. The van der Waals surface area contributed by atoms with Gasteiger partial charge < -0.3 is 0 Å². The lowest BCUT2D eigenvalue weighted by Crippen LogP contribution is -2.33. The highest BCUT2D eigenvalue weighted by atomic mass is 31.1. The van der Waals surface area contributed by atoms with Crippen LogP contribution in [0.5, 0.6) is 0 Å². The summed E-state index contributed by atoms with van der Waals surface area (Å²) in [4.78, 5) is 28.0. The molecule has 6 rings (SSSR count). The van der Waals surface area contributed by atoms with Crippen molar-refractivity contribution in [2.75, 3.05) is 0 Å². The highest BCUT2D eigenvalue weighted by molar-refractivity contribution is 7.76. The van der Waals surface area contributed by atoms with E-state index < -0.39 is 27.4 Å². The van der Waals surface area contributed by atoms with Crippen LogP contribution in [0.3, 0.4) is 0 Å². The van der Waals surface area contributed by atoms with Crippen LogP contribution in [0, 0.1) is 61.7 Å². The van der Waals surface area contributed by atoms with Crippen LogP contribution < -0.4 is 21.2 Å². The lowest BCUT2D eigenvalue weighted by molar-refractivity contribution is -0.133. The molecule has 0 heterocycles. The van der Waals surface area contributed by atoms with Gasteiger partial charge in [0.1, 0.15) is 0 Å². The summed E-state index contributed by atoms with van der Waals surface area (Å²) in [5.74, 6) is 0.0604. The topological polar surface area (TPSA) is 34.1 Å². The third kappa shape index (κ3) is 5.63. The number of carbonyl (C=O) groups is 2. The van der Waals surface area contributed by atoms with E-state index in [0.29, 0.717) is 11.8 Å². The highest BCUT2D eigenvalue weighted by Gasteiger charge is 2.48. The predicted molar refractivity (Wildman–Crippen MR) is 167 cm³/mol. The summed E-state index contributed by atoms with van der Waals surface area (Å²) in [5, 5.41) is 4.56. The number of hydrogen-bond donors (Lipinski definition) is 0. The van der Waals surface area contributed by atoms with Gasteiger partial charge in [0.05, 0.1) is 11.8 Å². The van der Waals surface area contributed by atoms with Crippen LogP contribution in [0.2, 0.25) is 0 Å². The Bertz CT molecular complexity index is 1220. The van der Waals surface area contributed by atoms with Crippen LogP contribution in [0.15, 0.2) is 121 Å². The van der Waals surface area contributed by atoms with Crippen LogP contribution in [0.4, 0.5) is 0 Å². The second-order valence-corrected chi connectivity index (χ2v) is 13.7. The molecule has 2 saturated carbocycles. The molecule has 0 aromatic heterocycles. The van der Waals surface area contributed by atoms with Crippen molar-refractivity contribution < 1.29 is 9.59 Å². The Morgan fingerprint density at radius 2 is 0.650 bits per heavy atom. The Morgan fingerprint density at radius 1 is 0.375 bits per heavy atom. The number of benzene rings is 4. The molecule has 4 aromatic carbocycles. The average Bonchev–Trinajstić information content (AvgIpc) is 3.70. The summed E-state index contributed by atoms with van der Waals surface area (Å²) in [6.07, 6.45) is 11.4. The first-order chi connectivity index (χ1) is 19.7. The number of hydrogen-bond acceptors (Lipinski definition) is 2. The van der Waals surface area contributed by atoms with E-state index in [1.165, 1.54) is 0 Å². The molecule has 0 saturated heterocycles. The van der Waals surface area contributed by atoms with Crippen LogP contribution >= 0.6 is 15.8 Å². The summed E-state index contributed by atoms with van der Waals surface area (Å²) in [5.41, 5.74) is 1.82. The molecule has 2 aliphatic rings. The van der Waals surface area contributed by atoms with Crippen LogP contribution in [-0.2, 0) is 9.59 Å². The van der Waals surface area contributed by atoms with Gasteiger partial charge in [-0.1, -0.05) is 121 Å². The fourth-order valence-corrected chi connectivity index (χ4v) is 9.90. The van der Waals surface area contributed by atoms with Gasteiger partial charge in [0, 0.05) is 11.3 Å². The van der Waals surface area contributed by atoms with Crippen LogP contribution in [0.25, 0.3) is 0 Å². The van der Waals surface area contributed by atoms with Gasteiger partial charge in [-0.15, -0.1) is 0 Å². The van der Waals surface area contributed by atoms with Gasteiger partial charge in [-0.05, 0) is 75.6 Å². The van der Waals surface area contributed by atoms with Crippen molar-refractivity contribution in [3.63, 3.8) is 0 Å². The number of ketones is 2. The van der Waals surface area contributed by atoms with E-state index in [0.717, 1.165) is 32.5 Å². The Hall–Kier alpha value is -2.92. The van der Waals surface area contributed by atoms with Crippen molar-refractivity contribution in [2.24, 2.45) is 0 Å². The van der Waals surface area contributed by atoms with Crippen molar-refractivity contribution in [3.05, 3.63) is 183 Å². The Balaban J connectivity index is 1.30. The van der Waals surface area contributed by atoms with Crippen LogP contribution in [-0.4, -0.2) is 11.6 Å². The molecule has 4 aromatic rings. The monoisotopic (exact) mass is 552 g/mol. The van der Waals surface area contributed by atoms with Gasteiger partial charge in [0.2, 0.25) is 11.6 Å². The molecule has 4 heteroatoms. The van der Waals surface area contributed by atoms with E-state index in [9.17, 15) is 9.59 Å². The van der Waals surface area contributed by atoms with Gasteiger partial charge in [-0.3, -0.25) is 9.59 Å². The molecule has 0 bridgehead atoms. The molecule has 0 amide bonds. The van der Waals surface area contributed by atoms with E-state index in [2.05, 4.69) is 48.5 Å². The fourth-order valence-electron chi connectivity index (χ4n) is 5.00. The maximum atomic E-state index is 14.0. The summed E-state index contributed by atoms with van der Waals surface area (Å²) >= 11 is 0. The molecular formula is C36H26O2P2. The molecule has 2 nitrogen and oxygen atoms in total. The van der Waals surface area contributed by atoms with E-state index in [1.807, 2.05) is 98.5 Å². The van der Waals surface area contributed by atoms with Gasteiger partial charge in [0.25, 0.3) is 0 Å². The molecule has 0 aliphatic heterocycles. The minimum Gasteiger partial charge on any atom is -0.290 e. The zero-order valence-corrected chi connectivity index (χ0v) is 23.5. The predicted octanol–water partition coefficient (Wildman–Crippen LogP) is 5.86. The summed E-state index contributed by atoms with van der Waals surface area (Å²) in [6.45, 7) is 0. The zero-order valence-electron chi connectivity index (χ0n) is 21.7. The molecule has 2 aliphatic carbocycles. The molecule has 192 valence electrons. The van der Waals surface area contributed by atoms with Gasteiger partial charge in [-0.25, -0.2) is 0 Å². The van der Waals surface area contributed by atoms with Crippen molar-refractivity contribution in [1.29, 1.82) is 0 Å². The van der Waals surface area contributed by atoms with Crippen molar-refractivity contribution in [1.82, 2.24) is 0 Å². The molecule has 10 radical (unpaired) electrons. The molecule has 2 fully saturated rings. The summed E-state index contributed by atoms with van der Waals surface area (Å²) in [6, 6.07) is 41.0. The zero-order chi connectivity index (χ0) is 27.3.